The van der Waals surface area contributed by atoms with E-state index in [-0.39, 0.29) is 5.43 Å². The molecule has 0 aliphatic rings. The Balaban J connectivity index is 3.20. The van der Waals surface area contributed by atoms with Gasteiger partial charge < -0.3 is 4.98 Å². The Bertz CT molecular complexity index is 283. The Morgan fingerprint density at radius 2 is 2.40 bits per heavy atom. The van der Waals surface area contributed by atoms with Gasteiger partial charge in [-0.1, -0.05) is 27.5 Å². The largest absolute Gasteiger partial charge is 0.352 e. The summed E-state index contributed by atoms with van der Waals surface area (Å²) in [6.45, 7) is 0. The molecule has 4 heteroatoms. The number of hydrogen-bond donors (Lipinski definition) is 1. The number of rotatable bonds is 1. The van der Waals surface area contributed by atoms with Crippen LogP contribution in [0.2, 0.25) is 5.15 Å². The third-order valence-electron chi connectivity index (χ3n) is 1.10. The van der Waals surface area contributed by atoms with Gasteiger partial charge in [-0.3, -0.25) is 4.79 Å². The molecule has 2 nitrogen and oxygen atoms in total. The molecular weight excluding hydrogens is 217 g/mol. The molecule has 0 radical (unpaired) electrons. The highest BCUT2D eigenvalue weighted by Crippen LogP contribution is 2.02. The van der Waals surface area contributed by atoms with Crippen LogP contribution in [0, 0.1) is 0 Å². The molecule has 0 atom stereocenters. The zero-order valence-electron chi connectivity index (χ0n) is 5.03. The Kier molecular flexibility index (Phi) is 2.51. The minimum atomic E-state index is -0.0411. The summed E-state index contributed by atoms with van der Waals surface area (Å²) in [6, 6.07) is 1.36. The Morgan fingerprint density at radius 1 is 1.70 bits per heavy atom. The predicted molar refractivity (Wildman–Crippen MR) is 44.7 cm³/mol. The molecule has 10 heavy (non-hydrogen) atoms. The summed E-state index contributed by atoms with van der Waals surface area (Å²) in [7, 11) is 0. The van der Waals surface area contributed by atoms with Gasteiger partial charge in [-0.2, -0.15) is 0 Å². The molecule has 1 N–H and O–H groups in total. The first kappa shape index (κ1) is 7.82. The van der Waals surface area contributed by atoms with E-state index in [2.05, 4.69) is 20.9 Å². The van der Waals surface area contributed by atoms with Crippen LogP contribution in [0.1, 0.15) is 5.56 Å². The van der Waals surface area contributed by atoms with Gasteiger partial charge >= 0.3 is 0 Å². The smallest absolute Gasteiger partial charge is 0.187 e. The molecule has 1 aromatic heterocycles. The normalized spacial score (nSPS) is 9.80. The van der Waals surface area contributed by atoms with Crippen LogP contribution in [0.5, 0.6) is 0 Å². The summed E-state index contributed by atoms with van der Waals surface area (Å²) in [6.07, 6.45) is 1.60. The first-order valence-corrected chi connectivity index (χ1v) is 4.17. The van der Waals surface area contributed by atoms with Gasteiger partial charge in [0.2, 0.25) is 0 Å². The van der Waals surface area contributed by atoms with Crippen molar-refractivity contribution in [3.05, 3.63) is 33.2 Å². The monoisotopic (exact) mass is 221 g/mol. The van der Waals surface area contributed by atoms with Crippen LogP contribution in [-0.2, 0) is 5.33 Å². The Labute approximate surface area is 71.3 Å². The fourth-order valence-corrected chi connectivity index (χ4v) is 1.17. The summed E-state index contributed by atoms with van der Waals surface area (Å²) < 4.78 is 0. The van der Waals surface area contributed by atoms with Crippen LogP contribution in [0.4, 0.5) is 0 Å². The molecule has 54 valence electrons. The topological polar surface area (TPSA) is 32.9 Å². The number of alkyl halides is 1. The first-order chi connectivity index (χ1) is 4.74. The molecule has 0 bridgehead atoms. The second-order valence-corrected chi connectivity index (χ2v) is 2.77. The van der Waals surface area contributed by atoms with Crippen molar-refractivity contribution >= 4 is 27.5 Å². The molecule has 0 aromatic carbocycles. The van der Waals surface area contributed by atoms with Gasteiger partial charge in [0.15, 0.2) is 5.43 Å². The van der Waals surface area contributed by atoms with E-state index in [1.165, 1.54) is 6.07 Å². The lowest BCUT2D eigenvalue weighted by molar-refractivity contribution is 1.22. The molecule has 0 saturated heterocycles. The molecule has 0 aliphatic carbocycles. The van der Waals surface area contributed by atoms with Crippen molar-refractivity contribution < 1.29 is 0 Å². The Morgan fingerprint density at radius 3 is 2.90 bits per heavy atom. The molecule has 0 fully saturated rings. The van der Waals surface area contributed by atoms with Gasteiger partial charge in [0.1, 0.15) is 5.15 Å². The molecule has 0 unspecified atom stereocenters. The maximum absolute atomic E-state index is 10.9. The maximum atomic E-state index is 10.9. The zero-order chi connectivity index (χ0) is 7.56. The molecule has 1 aromatic rings. The quantitative estimate of drug-likeness (QED) is 0.571. The van der Waals surface area contributed by atoms with Crippen molar-refractivity contribution in [2.24, 2.45) is 0 Å². The third-order valence-corrected chi connectivity index (χ3v) is 1.92. The summed E-state index contributed by atoms with van der Waals surface area (Å²) in [5.74, 6) is 0. The van der Waals surface area contributed by atoms with E-state index in [4.69, 9.17) is 11.6 Å². The highest BCUT2D eigenvalue weighted by atomic mass is 79.9. The number of halogens is 2. The molecule has 0 spiro atoms. The summed E-state index contributed by atoms with van der Waals surface area (Å²) >= 11 is 8.67. The van der Waals surface area contributed by atoms with Gasteiger partial charge in [-0.15, -0.1) is 0 Å². The fourth-order valence-electron chi connectivity index (χ4n) is 0.581. The average molecular weight is 222 g/mol. The van der Waals surface area contributed by atoms with E-state index < -0.39 is 0 Å². The zero-order valence-corrected chi connectivity index (χ0v) is 7.37. The van der Waals surface area contributed by atoms with E-state index >= 15 is 0 Å². The van der Waals surface area contributed by atoms with E-state index in [1.807, 2.05) is 0 Å². The number of pyridine rings is 1. The van der Waals surface area contributed by atoms with Gasteiger partial charge in [0.25, 0.3) is 0 Å². The van der Waals surface area contributed by atoms with Crippen LogP contribution < -0.4 is 5.43 Å². The van der Waals surface area contributed by atoms with Gasteiger partial charge in [-0.05, 0) is 0 Å². The van der Waals surface area contributed by atoms with Crippen LogP contribution in [0.3, 0.4) is 0 Å². The summed E-state index contributed by atoms with van der Waals surface area (Å²) in [5, 5.41) is 0.925. The van der Waals surface area contributed by atoms with E-state index in [1.54, 1.807) is 6.20 Å². The SMILES string of the molecule is O=c1cc(Cl)[nH]cc1CBr. The lowest BCUT2D eigenvalue weighted by Gasteiger charge is -1.92. The molecule has 0 aliphatic heterocycles. The highest BCUT2D eigenvalue weighted by Gasteiger charge is 1.95. The van der Waals surface area contributed by atoms with Crippen molar-refractivity contribution in [1.82, 2.24) is 4.98 Å². The average Bonchev–Trinajstić information content (AvgIpc) is 1.88. The number of aromatic amines is 1. The van der Waals surface area contributed by atoms with Gasteiger partial charge in [0.05, 0.1) is 0 Å². The molecule has 1 heterocycles. The van der Waals surface area contributed by atoms with E-state index in [0.29, 0.717) is 16.0 Å². The fraction of sp³-hybridized carbons (Fsp3) is 0.167. The number of hydrogen-bond acceptors (Lipinski definition) is 1. The van der Waals surface area contributed by atoms with Crippen molar-refractivity contribution in [2.75, 3.05) is 0 Å². The third kappa shape index (κ3) is 1.61. The lowest BCUT2D eigenvalue weighted by Crippen LogP contribution is -2.05. The second kappa shape index (κ2) is 3.21. The number of H-pyrrole nitrogens is 1. The van der Waals surface area contributed by atoms with Crippen molar-refractivity contribution in [1.29, 1.82) is 0 Å². The van der Waals surface area contributed by atoms with Gasteiger partial charge in [-0.25, -0.2) is 0 Å². The number of aromatic nitrogens is 1. The molecule has 0 amide bonds. The molecular formula is C6H5BrClNO. The summed E-state index contributed by atoms with van der Waals surface area (Å²) in [4.78, 5) is 13.7. The van der Waals surface area contributed by atoms with E-state index in [0.717, 1.165) is 0 Å². The van der Waals surface area contributed by atoms with Crippen LogP contribution in [0.15, 0.2) is 17.1 Å². The standard InChI is InChI=1S/C6H5BrClNO/c7-2-4-3-9-6(8)1-5(4)10/h1,3H,2H2,(H,9,10). The predicted octanol–water partition coefficient (Wildman–Crippen LogP) is 1.92. The molecule has 0 saturated carbocycles. The lowest BCUT2D eigenvalue weighted by atomic mass is 10.3. The van der Waals surface area contributed by atoms with Crippen molar-refractivity contribution in [3.63, 3.8) is 0 Å². The van der Waals surface area contributed by atoms with Crippen LogP contribution in [0.25, 0.3) is 0 Å². The van der Waals surface area contributed by atoms with Gasteiger partial charge in [0, 0.05) is 23.2 Å². The summed E-state index contributed by atoms with van der Waals surface area (Å²) in [5.41, 5.74) is 0.644. The second-order valence-electron chi connectivity index (χ2n) is 1.80. The Hall–Kier alpha value is -0.280. The number of nitrogens with one attached hydrogen (secondary N) is 1. The minimum absolute atomic E-state index is 0.0411. The minimum Gasteiger partial charge on any atom is -0.352 e. The first-order valence-electron chi connectivity index (χ1n) is 2.67. The van der Waals surface area contributed by atoms with Crippen LogP contribution in [-0.4, -0.2) is 4.98 Å². The highest BCUT2D eigenvalue weighted by molar-refractivity contribution is 9.08. The van der Waals surface area contributed by atoms with Crippen molar-refractivity contribution in [2.45, 2.75) is 5.33 Å². The maximum Gasteiger partial charge on any atom is 0.187 e. The van der Waals surface area contributed by atoms with Crippen LogP contribution >= 0.6 is 27.5 Å². The van der Waals surface area contributed by atoms with Crippen molar-refractivity contribution in [3.8, 4) is 0 Å². The van der Waals surface area contributed by atoms with E-state index in [9.17, 15) is 4.79 Å². The molecule has 1 rings (SSSR count).